The van der Waals surface area contributed by atoms with Gasteiger partial charge in [-0.1, -0.05) is 0 Å². The summed E-state index contributed by atoms with van der Waals surface area (Å²) in [7, 11) is 0. The number of nitrogens with zero attached hydrogens (tertiary/aromatic N) is 2. The van der Waals surface area contributed by atoms with Crippen molar-refractivity contribution in [1.29, 1.82) is 0 Å². The van der Waals surface area contributed by atoms with Gasteiger partial charge in [0.15, 0.2) is 0 Å². The highest BCUT2D eigenvalue weighted by Gasteiger charge is 1.99. The molecule has 0 unspecified atom stereocenters. The monoisotopic (exact) mass is 168 g/mol. The lowest BCUT2D eigenvalue weighted by molar-refractivity contribution is 0.185. The maximum absolute atomic E-state index is 9.05. The van der Waals surface area contributed by atoms with E-state index in [-0.39, 0.29) is 6.10 Å². The predicted molar refractivity (Wildman–Crippen MR) is 47.9 cm³/mol. The molecule has 1 aromatic rings. The number of hydrogen-bond acceptors (Lipinski definition) is 2. The normalized spacial score (nSPS) is 13.2. The van der Waals surface area contributed by atoms with Crippen LogP contribution < -0.4 is 0 Å². The Morgan fingerprint density at radius 3 is 2.92 bits per heavy atom. The average molecular weight is 168 g/mol. The van der Waals surface area contributed by atoms with Crippen LogP contribution in [0.4, 0.5) is 0 Å². The highest BCUT2D eigenvalue weighted by molar-refractivity contribution is 5.03. The van der Waals surface area contributed by atoms with Crippen molar-refractivity contribution in [2.75, 3.05) is 0 Å². The number of aromatic nitrogens is 2. The first-order chi connectivity index (χ1) is 5.72. The van der Waals surface area contributed by atoms with Crippen LogP contribution in [0.2, 0.25) is 0 Å². The zero-order valence-corrected chi connectivity index (χ0v) is 7.70. The van der Waals surface area contributed by atoms with Crippen molar-refractivity contribution in [3.8, 4) is 0 Å². The van der Waals surface area contributed by atoms with Gasteiger partial charge in [0, 0.05) is 12.7 Å². The summed E-state index contributed by atoms with van der Waals surface area (Å²) in [4.78, 5) is 0. The molecule has 0 spiro atoms. The Morgan fingerprint density at radius 1 is 1.67 bits per heavy atom. The fraction of sp³-hybridized carbons (Fsp3) is 0.667. The first-order valence-corrected chi connectivity index (χ1v) is 4.41. The van der Waals surface area contributed by atoms with Gasteiger partial charge in [-0.2, -0.15) is 5.10 Å². The molecular weight excluding hydrogens is 152 g/mol. The highest BCUT2D eigenvalue weighted by Crippen LogP contribution is 2.03. The zero-order chi connectivity index (χ0) is 8.97. The van der Waals surface area contributed by atoms with E-state index in [2.05, 4.69) is 12.0 Å². The number of aliphatic hydroxyl groups is 1. The third-order valence-electron chi connectivity index (χ3n) is 1.86. The van der Waals surface area contributed by atoms with E-state index in [1.165, 1.54) is 5.56 Å². The Hall–Kier alpha value is -0.830. The number of hydrogen-bond donors (Lipinski definition) is 1. The standard InChI is InChI=1S/C9H16N2O/c1-3-11-7-9(6-10-11)5-4-8(2)12/h6-8,12H,3-5H2,1-2H3/t8-/m1/s1. The minimum atomic E-state index is -0.213. The Balaban J connectivity index is 2.41. The van der Waals surface area contributed by atoms with Gasteiger partial charge in [-0.15, -0.1) is 0 Å². The first kappa shape index (κ1) is 9.26. The van der Waals surface area contributed by atoms with Gasteiger partial charge >= 0.3 is 0 Å². The van der Waals surface area contributed by atoms with E-state index in [4.69, 9.17) is 5.11 Å². The molecule has 0 amide bonds. The molecule has 0 aromatic carbocycles. The van der Waals surface area contributed by atoms with Crippen molar-refractivity contribution in [3.63, 3.8) is 0 Å². The molecule has 1 atom stereocenters. The maximum atomic E-state index is 9.05. The van der Waals surface area contributed by atoms with Gasteiger partial charge in [0.05, 0.1) is 12.3 Å². The molecule has 0 saturated heterocycles. The van der Waals surface area contributed by atoms with Gasteiger partial charge in [0.2, 0.25) is 0 Å². The van der Waals surface area contributed by atoms with Gasteiger partial charge in [-0.25, -0.2) is 0 Å². The molecule has 0 fully saturated rings. The van der Waals surface area contributed by atoms with E-state index < -0.39 is 0 Å². The molecule has 1 aromatic heterocycles. The quantitative estimate of drug-likeness (QED) is 0.734. The largest absolute Gasteiger partial charge is 0.393 e. The van der Waals surface area contributed by atoms with E-state index in [9.17, 15) is 0 Å². The van der Waals surface area contributed by atoms with E-state index in [1.807, 2.05) is 24.0 Å². The topological polar surface area (TPSA) is 38.0 Å². The van der Waals surface area contributed by atoms with Crippen molar-refractivity contribution in [2.24, 2.45) is 0 Å². The number of rotatable bonds is 4. The molecule has 0 bridgehead atoms. The van der Waals surface area contributed by atoms with E-state index >= 15 is 0 Å². The maximum Gasteiger partial charge on any atom is 0.0521 e. The summed E-state index contributed by atoms with van der Waals surface area (Å²) in [5.41, 5.74) is 1.21. The van der Waals surface area contributed by atoms with Crippen LogP contribution >= 0.6 is 0 Å². The second-order valence-corrected chi connectivity index (χ2v) is 3.09. The summed E-state index contributed by atoms with van der Waals surface area (Å²) in [6, 6.07) is 0. The molecule has 0 aliphatic rings. The zero-order valence-electron chi connectivity index (χ0n) is 7.70. The summed E-state index contributed by atoms with van der Waals surface area (Å²) in [6.07, 6.45) is 5.41. The molecule has 0 radical (unpaired) electrons. The van der Waals surface area contributed by atoms with Crippen LogP contribution in [0.5, 0.6) is 0 Å². The molecule has 0 aliphatic heterocycles. The van der Waals surface area contributed by atoms with Gasteiger partial charge < -0.3 is 5.11 Å². The van der Waals surface area contributed by atoms with E-state index in [0.29, 0.717) is 0 Å². The van der Waals surface area contributed by atoms with Crippen LogP contribution in [-0.2, 0) is 13.0 Å². The minimum Gasteiger partial charge on any atom is -0.393 e. The Labute approximate surface area is 73.0 Å². The van der Waals surface area contributed by atoms with Crippen molar-refractivity contribution < 1.29 is 5.11 Å². The van der Waals surface area contributed by atoms with Crippen molar-refractivity contribution in [1.82, 2.24) is 9.78 Å². The molecule has 1 N–H and O–H groups in total. The van der Waals surface area contributed by atoms with Gasteiger partial charge in [0.1, 0.15) is 0 Å². The Morgan fingerprint density at radius 2 is 2.42 bits per heavy atom. The Bertz CT molecular complexity index is 230. The van der Waals surface area contributed by atoms with Crippen LogP contribution in [0.3, 0.4) is 0 Å². The van der Waals surface area contributed by atoms with Crippen LogP contribution in [0.25, 0.3) is 0 Å². The van der Waals surface area contributed by atoms with Crippen molar-refractivity contribution >= 4 is 0 Å². The first-order valence-electron chi connectivity index (χ1n) is 4.41. The number of aryl methyl sites for hydroxylation is 2. The molecule has 1 rings (SSSR count). The van der Waals surface area contributed by atoms with Crippen molar-refractivity contribution in [2.45, 2.75) is 39.3 Å². The SMILES string of the molecule is CCn1cc(CC[C@@H](C)O)cn1. The molecule has 1 heterocycles. The summed E-state index contributed by atoms with van der Waals surface area (Å²) in [5.74, 6) is 0. The average Bonchev–Trinajstić information content (AvgIpc) is 2.48. The summed E-state index contributed by atoms with van der Waals surface area (Å²) in [5, 5.41) is 13.2. The van der Waals surface area contributed by atoms with Crippen LogP contribution in [-0.4, -0.2) is 21.0 Å². The second kappa shape index (κ2) is 4.26. The van der Waals surface area contributed by atoms with Gasteiger partial charge in [-0.05, 0) is 32.3 Å². The van der Waals surface area contributed by atoms with Crippen molar-refractivity contribution in [3.05, 3.63) is 18.0 Å². The van der Waals surface area contributed by atoms with E-state index in [0.717, 1.165) is 19.4 Å². The lowest BCUT2D eigenvalue weighted by Crippen LogP contribution is -2.00. The lowest BCUT2D eigenvalue weighted by Gasteiger charge is -2.00. The fourth-order valence-corrected chi connectivity index (χ4v) is 1.08. The fourth-order valence-electron chi connectivity index (χ4n) is 1.08. The molecule has 68 valence electrons. The highest BCUT2D eigenvalue weighted by atomic mass is 16.3. The van der Waals surface area contributed by atoms with Crippen LogP contribution in [0.15, 0.2) is 12.4 Å². The molecular formula is C9H16N2O. The molecule has 3 heteroatoms. The molecule has 3 nitrogen and oxygen atoms in total. The Kier molecular flexibility index (Phi) is 3.29. The number of aliphatic hydroxyl groups excluding tert-OH is 1. The summed E-state index contributed by atoms with van der Waals surface area (Å²) >= 11 is 0. The van der Waals surface area contributed by atoms with Crippen LogP contribution in [0.1, 0.15) is 25.8 Å². The minimum absolute atomic E-state index is 0.213. The lowest BCUT2D eigenvalue weighted by atomic mass is 10.1. The summed E-state index contributed by atoms with van der Waals surface area (Å²) in [6.45, 7) is 4.78. The predicted octanol–water partition coefficient (Wildman–Crippen LogP) is 1.22. The molecule has 0 saturated carbocycles. The third kappa shape index (κ3) is 2.66. The molecule has 12 heavy (non-hydrogen) atoms. The van der Waals surface area contributed by atoms with E-state index in [1.54, 1.807) is 0 Å². The van der Waals surface area contributed by atoms with Gasteiger partial charge in [0.25, 0.3) is 0 Å². The van der Waals surface area contributed by atoms with Gasteiger partial charge in [-0.3, -0.25) is 4.68 Å². The van der Waals surface area contributed by atoms with Crippen LogP contribution in [0, 0.1) is 0 Å². The summed E-state index contributed by atoms with van der Waals surface area (Å²) < 4.78 is 1.90. The third-order valence-corrected chi connectivity index (χ3v) is 1.86. The second-order valence-electron chi connectivity index (χ2n) is 3.09. The smallest absolute Gasteiger partial charge is 0.0521 e. The molecule has 0 aliphatic carbocycles.